The maximum Gasteiger partial charge on any atom is 0.295 e. The molecule has 3 aromatic carbocycles. The van der Waals surface area contributed by atoms with Crippen molar-refractivity contribution in [3.63, 3.8) is 0 Å². The standard InChI is InChI=1S/C29H29NO5/c1-3-4-17-35-23-16-15-22(18-24(23)34-2)26-25(27(31)21-13-9-6-10-14-21)28(32)29(33)30(26)19-20-11-7-5-8-12-20/h5-16,18,26,31H,3-4,17,19H2,1-2H3. The maximum atomic E-state index is 13.2. The van der Waals surface area contributed by atoms with Crippen molar-refractivity contribution in [2.75, 3.05) is 13.7 Å². The summed E-state index contributed by atoms with van der Waals surface area (Å²) < 4.78 is 11.4. The Bertz CT molecular complexity index is 1220. The summed E-state index contributed by atoms with van der Waals surface area (Å²) in [4.78, 5) is 27.9. The van der Waals surface area contributed by atoms with E-state index in [1.54, 1.807) is 43.5 Å². The van der Waals surface area contributed by atoms with Crippen molar-refractivity contribution in [3.05, 3.63) is 101 Å². The highest BCUT2D eigenvalue weighted by atomic mass is 16.5. The highest BCUT2D eigenvalue weighted by Gasteiger charge is 2.46. The molecule has 1 aliphatic rings. The van der Waals surface area contributed by atoms with Gasteiger partial charge in [0, 0.05) is 12.1 Å². The van der Waals surface area contributed by atoms with Crippen LogP contribution in [-0.2, 0) is 16.1 Å². The molecule has 1 unspecified atom stereocenters. The molecule has 4 rings (SSSR count). The SMILES string of the molecule is CCCCOc1ccc(C2C(=C(O)c3ccccc3)C(=O)C(=O)N2Cc2ccccc2)cc1OC. The molecular formula is C29H29NO5. The minimum Gasteiger partial charge on any atom is -0.507 e. The summed E-state index contributed by atoms with van der Waals surface area (Å²) in [5, 5.41) is 11.2. The predicted octanol–water partition coefficient (Wildman–Crippen LogP) is 5.50. The Kier molecular flexibility index (Phi) is 7.51. The van der Waals surface area contributed by atoms with Gasteiger partial charge in [0.15, 0.2) is 11.5 Å². The van der Waals surface area contributed by atoms with Crippen LogP contribution in [0.15, 0.2) is 84.4 Å². The molecule has 1 fully saturated rings. The first-order valence-electron chi connectivity index (χ1n) is 11.7. The Morgan fingerprint density at radius 2 is 1.63 bits per heavy atom. The average molecular weight is 472 g/mol. The number of amides is 1. The van der Waals surface area contributed by atoms with E-state index in [4.69, 9.17) is 9.47 Å². The normalized spacial score (nSPS) is 17.0. The molecule has 180 valence electrons. The van der Waals surface area contributed by atoms with Crippen molar-refractivity contribution in [2.24, 2.45) is 0 Å². The molecule has 1 aliphatic heterocycles. The Morgan fingerprint density at radius 3 is 2.29 bits per heavy atom. The third-order valence-corrected chi connectivity index (χ3v) is 6.04. The van der Waals surface area contributed by atoms with E-state index in [0.717, 1.165) is 18.4 Å². The number of hydrogen-bond donors (Lipinski definition) is 1. The highest BCUT2D eigenvalue weighted by Crippen LogP contribution is 2.42. The maximum absolute atomic E-state index is 13.2. The molecular weight excluding hydrogens is 442 g/mol. The number of ether oxygens (including phenoxy) is 2. The Labute approximate surface area is 205 Å². The van der Waals surface area contributed by atoms with E-state index < -0.39 is 17.7 Å². The zero-order valence-corrected chi connectivity index (χ0v) is 19.9. The minimum atomic E-state index is -0.783. The molecule has 0 radical (unpaired) electrons. The van der Waals surface area contributed by atoms with Crippen LogP contribution in [0.4, 0.5) is 0 Å². The van der Waals surface area contributed by atoms with Gasteiger partial charge in [-0.25, -0.2) is 0 Å². The third kappa shape index (κ3) is 5.06. The minimum absolute atomic E-state index is 0.0545. The summed E-state index contributed by atoms with van der Waals surface area (Å²) in [6.45, 7) is 2.87. The van der Waals surface area contributed by atoms with E-state index >= 15 is 0 Å². The quantitative estimate of drug-likeness (QED) is 0.193. The Morgan fingerprint density at radius 1 is 0.943 bits per heavy atom. The van der Waals surface area contributed by atoms with E-state index in [9.17, 15) is 14.7 Å². The summed E-state index contributed by atoms with van der Waals surface area (Å²) in [6.07, 6.45) is 1.92. The zero-order valence-electron chi connectivity index (χ0n) is 19.9. The second kappa shape index (κ2) is 10.9. The summed E-state index contributed by atoms with van der Waals surface area (Å²) in [7, 11) is 1.55. The van der Waals surface area contributed by atoms with Crippen molar-refractivity contribution in [1.82, 2.24) is 4.90 Å². The number of Topliss-reactive ketones (excluding diaryl/α,β-unsaturated/α-hetero) is 1. The van der Waals surface area contributed by atoms with E-state index in [1.807, 2.05) is 42.5 Å². The smallest absolute Gasteiger partial charge is 0.295 e. The van der Waals surface area contributed by atoms with Gasteiger partial charge in [-0.3, -0.25) is 9.59 Å². The number of rotatable bonds is 9. The van der Waals surface area contributed by atoms with Crippen molar-refractivity contribution in [3.8, 4) is 11.5 Å². The lowest BCUT2D eigenvalue weighted by atomic mass is 9.95. The van der Waals surface area contributed by atoms with Gasteiger partial charge < -0.3 is 19.5 Å². The van der Waals surface area contributed by atoms with Crippen LogP contribution in [-0.4, -0.2) is 35.4 Å². The molecule has 0 spiro atoms. The van der Waals surface area contributed by atoms with Gasteiger partial charge in [0.25, 0.3) is 11.7 Å². The Hall–Kier alpha value is -4.06. The molecule has 0 aliphatic carbocycles. The van der Waals surface area contributed by atoms with Crippen LogP contribution in [0.2, 0.25) is 0 Å². The fourth-order valence-corrected chi connectivity index (χ4v) is 4.22. The molecule has 1 saturated heterocycles. The van der Waals surface area contributed by atoms with E-state index in [2.05, 4.69) is 6.92 Å². The molecule has 6 heteroatoms. The molecule has 0 bridgehead atoms. The monoisotopic (exact) mass is 471 g/mol. The van der Waals surface area contributed by atoms with Gasteiger partial charge in [0.2, 0.25) is 0 Å². The lowest BCUT2D eigenvalue weighted by molar-refractivity contribution is -0.140. The third-order valence-electron chi connectivity index (χ3n) is 6.04. The lowest BCUT2D eigenvalue weighted by Crippen LogP contribution is -2.29. The number of likely N-dealkylation sites (tertiary alicyclic amines) is 1. The molecule has 1 atom stereocenters. The van der Waals surface area contributed by atoms with Crippen LogP contribution in [0.3, 0.4) is 0 Å². The number of nitrogens with zero attached hydrogens (tertiary/aromatic N) is 1. The van der Waals surface area contributed by atoms with Crippen molar-refractivity contribution < 1.29 is 24.2 Å². The van der Waals surface area contributed by atoms with E-state index in [-0.39, 0.29) is 17.9 Å². The number of ketones is 1. The molecule has 0 aromatic heterocycles. The Balaban J connectivity index is 1.82. The van der Waals surface area contributed by atoms with Gasteiger partial charge in [-0.15, -0.1) is 0 Å². The number of carbonyl (C=O) groups is 2. The van der Waals surface area contributed by atoms with Crippen LogP contribution in [0, 0.1) is 0 Å². The number of unbranched alkanes of at least 4 members (excludes halogenated alkanes) is 1. The number of carbonyl (C=O) groups excluding carboxylic acids is 2. The van der Waals surface area contributed by atoms with Gasteiger partial charge in [0.05, 0.1) is 25.3 Å². The summed E-state index contributed by atoms with van der Waals surface area (Å²) >= 11 is 0. The lowest BCUT2D eigenvalue weighted by Gasteiger charge is -2.26. The number of aliphatic hydroxyl groups is 1. The molecule has 35 heavy (non-hydrogen) atoms. The van der Waals surface area contributed by atoms with Crippen LogP contribution in [0.25, 0.3) is 5.76 Å². The van der Waals surface area contributed by atoms with Gasteiger partial charge in [-0.2, -0.15) is 0 Å². The molecule has 3 aromatic rings. The largest absolute Gasteiger partial charge is 0.507 e. The fraction of sp³-hybridized carbons (Fsp3) is 0.241. The second-order valence-corrected chi connectivity index (χ2v) is 8.39. The van der Waals surface area contributed by atoms with Crippen LogP contribution < -0.4 is 9.47 Å². The summed E-state index contributed by atoms with van der Waals surface area (Å²) in [5.74, 6) is -0.476. The number of benzene rings is 3. The van der Waals surface area contributed by atoms with Crippen LogP contribution in [0.1, 0.15) is 42.5 Å². The average Bonchev–Trinajstić information content (AvgIpc) is 3.14. The first kappa shape index (κ1) is 24.1. The number of methoxy groups -OCH3 is 1. The van der Waals surface area contributed by atoms with Crippen molar-refractivity contribution in [2.45, 2.75) is 32.4 Å². The fourth-order valence-electron chi connectivity index (χ4n) is 4.22. The first-order valence-corrected chi connectivity index (χ1v) is 11.7. The van der Waals surface area contributed by atoms with Crippen LogP contribution >= 0.6 is 0 Å². The predicted molar refractivity (Wildman–Crippen MR) is 134 cm³/mol. The van der Waals surface area contributed by atoms with Crippen molar-refractivity contribution in [1.29, 1.82) is 0 Å². The summed E-state index contributed by atoms with van der Waals surface area (Å²) in [5.41, 5.74) is 2.06. The molecule has 0 saturated carbocycles. The second-order valence-electron chi connectivity index (χ2n) is 8.39. The molecule has 1 heterocycles. The van der Waals surface area contributed by atoms with Gasteiger partial charge in [0.1, 0.15) is 5.76 Å². The number of aliphatic hydroxyl groups excluding tert-OH is 1. The molecule has 6 nitrogen and oxygen atoms in total. The van der Waals surface area contributed by atoms with Gasteiger partial charge >= 0.3 is 0 Å². The van der Waals surface area contributed by atoms with Crippen LogP contribution in [0.5, 0.6) is 11.5 Å². The molecule has 1 amide bonds. The van der Waals surface area contributed by atoms with Crippen molar-refractivity contribution >= 4 is 17.4 Å². The van der Waals surface area contributed by atoms with E-state index in [1.165, 1.54) is 4.90 Å². The highest BCUT2D eigenvalue weighted by molar-refractivity contribution is 6.46. The first-order chi connectivity index (χ1) is 17.0. The topological polar surface area (TPSA) is 76.1 Å². The number of hydrogen-bond acceptors (Lipinski definition) is 5. The summed E-state index contributed by atoms with van der Waals surface area (Å²) in [6, 6.07) is 22.9. The van der Waals surface area contributed by atoms with Gasteiger partial charge in [-0.1, -0.05) is 80.1 Å². The van der Waals surface area contributed by atoms with Gasteiger partial charge in [-0.05, 0) is 29.7 Å². The van der Waals surface area contributed by atoms with E-state index in [0.29, 0.717) is 29.2 Å². The zero-order chi connectivity index (χ0) is 24.8. The molecule has 1 N–H and O–H groups in total.